The maximum Gasteiger partial charge on any atom is 0.118 e. The van der Waals surface area contributed by atoms with E-state index < -0.39 is 0 Å². The third-order valence-electron chi connectivity index (χ3n) is 3.47. The fourth-order valence-corrected chi connectivity index (χ4v) is 2.47. The van der Waals surface area contributed by atoms with Crippen LogP contribution in [-0.2, 0) is 0 Å². The van der Waals surface area contributed by atoms with Gasteiger partial charge in [0, 0.05) is 12.1 Å². The van der Waals surface area contributed by atoms with Gasteiger partial charge in [-0.15, -0.1) is 0 Å². The summed E-state index contributed by atoms with van der Waals surface area (Å²) in [6, 6.07) is 9.11. The van der Waals surface area contributed by atoms with Gasteiger partial charge in [-0.25, -0.2) is 0 Å². The van der Waals surface area contributed by atoms with Crippen LogP contribution in [0.5, 0.6) is 5.75 Å². The Kier molecular flexibility index (Phi) is 3.46. The van der Waals surface area contributed by atoms with Crippen molar-refractivity contribution in [3.63, 3.8) is 0 Å². The summed E-state index contributed by atoms with van der Waals surface area (Å²) in [5.74, 6) is 1.58. The third kappa shape index (κ3) is 2.20. The molecule has 1 aliphatic carbocycles. The van der Waals surface area contributed by atoms with E-state index in [4.69, 9.17) is 10.5 Å². The summed E-state index contributed by atoms with van der Waals surface area (Å²) >= 11 is 0. The maximum atomic E-state index is 5.84. The predicted octanol–water partition coefficient (Wildman–Crippen LogP) is 1.69. The van der Waals surface area contributed by atoms with E-state index in [0.717, 1.165) is 18.6 Å². The van der Waals surface area contributed by atoms with Gasteiger partial charge in [0.05, 0.1) is 7.11 Å². The summed E-state index contributed by atoms with van der Waals surface area (Å²) in [5, 5.41) is 3.38. The molecule has 0 radical (unpaired) electrons. The molecule has 0 bridgehead atoms. The fourth-order valence-electron chi connectivity index (χ4n) is 2.47. The highest BCUT2D eigenvalue weighted by Crippen LogP contribution is 2.37. The minimum absolute atomic E-state index is 0.402. The maximum absolute atomic E-state index is 5.84. The van der Waals surface area contributed by atoms with Gasteiger partial charge in [0.15, 0.2) is 0 Å². The van der Waals surface area contributed by atoms with Gasteiger partial charge in [0.25, 0.3) is 0 Å². The number of benzene rings is 1. The molecular weight excluding hydrogens is 200 g/mol. The van der Waals surface area contributed by atoms with Crippen LogP contribution in [-0.4, -0.2) is 20.2 Å². The lowest BCUT2D eigenvalue weighted by Crippen LogP contribution is -2.42. The number of nitrogens with one attached hydrogen (secondary N) is 1. The zero-order valence-electron chi connectivity index (χ0n) is 9.94. The Morgan fingerprint density at radius 2 is 1.94 bits per heavy atom. The Balaban J connectivity index is 2.07. The molecule has 0 heterocycles. The number of hydrogen-bond acceptors (Lipinski definition) is 3. The molecule has 1 aliphatic rings. The summed E-state index contributed by atoms with van der Waals surface area (Å²) in [6.07, 6.45) is 2.25. The lowest BCUT2D eigenvalue weighted by Gasteiger charge is -2.38. The second-order valence-electron chi connectivity index (χ2n) is 4.53. The molecule has 0 aromatic heterocycles. The van der Waals surface area contributed by atoms with Crippen LogP contribution < -0.4 is 15.8 Å². The van der Waals surface area contributed by atoms with Gasteiger partial charge in [-0.1, -0.05) is 12.1 Å². The van der Waals surface area contributed by atoms with Crippen molar-refractivity contribution in [3.05, 3.63) is 29.8 Å². The molecule has 2 rings (SSSR count). The van der Waals surface area contributed by atoms with E-state index in [9.17, 15) is 0 Å². The zero-order valence-corrected chi connectivity index (χ0v) is 9.94. The van der Waals surface area contributed by atoms with E-state index in [0.29, 0.717) is 18.0 Å². The van der Waals surface area contributed by atoms with E-state index in [1.54, 1.807) is 7.11 Å². The molecule has 3 nitrogen and oxygen atoms in total. The molecule has 1 aromatic rings. The number of rotatable bonds is 4. The molecule has 3 N–H and O–H groups in total. The van der Waals surface area contributed by atoms with E-state index in [2.05, 4.69) is 17.4 Å². The van der Waals surface area contributed by atoms with Crippen molar-refractivity contribution in [2.45, 2.75) is 24.9 Å². The topological polar surface area (TPSA) is 47.3 Å². The first kappa shape index (κ1) is 11.4. The van der Waals surface area contributed by atoms with Crippen LogP contribution in [0.25, 0.3) is 0 Å². The first-order chi connectivity index (χ1) is 7.74. The Bertz CT molecular complexity index is 330. The molecule has 1 atom stereocenters. The van der Waals surface area contributed by atoms with Crippen molar-refractivity contribution in [1.29, 1.82) is 0 Å². The first-order valence-electron chi connectivity index (χ1n) is 5.81. The Hall–Kier alpha value is -1.06. The van der Waals surface area contributed by atoms with Crippen molar-refractivity contribution >= 4 is 0 Å². The number of nitrogens with two attached hydrogens (primary N) is 1. The van der Waals surface area contributed by atoms with Gasteiger partial charge in [0.1, 0.15) is 5.75 Å². The predicted molar refractivity (Wildman–Crippen MR) is 65.5 cm³/mol. The summed E-state index contributed by atoms with van der Waals surface area (Å²) in [5.41, 5.74) is 7.16. The molecule has 0 saturated heterocycles. The van der Waals surface area contributed by atoms with Gasteiger partial charge in [-0.3, -0.25) is 0 Å². The fraction of sp³-hybridized carbons (Fsp3) is 0.538. The van der Waals surface area contributed by atoms with E-state index >= 15 is 0 Å². The highest BCUT2D eigenvalue weighted by molar-refractivity contribution is 5.29. The number of hydrogen-bond donors (Lipinski definition) is 2. The van der Waals surface area contributed by atoms with Crippen LogP contribution in [0.15, 0.2) is 24.3 Å². The Labute approximate surface area is 97.0 Å². The molecule has 0 spiro atoms. The lowest BCUT2D eigenvalue weighted by atomic mass is 9.74. The molecule has 16 heavy (non-hydrogen) atoms. The molecule has 1 aromatic carbocycles. The standard InChI is InChI=1S/C13H20N2O/c1-15-13(10-7-11(14)8-10)9-3-5-12(16-2)6-4-9/h3-6,10-11,13,15H,7-8,14H2,1-2H3. The highest BCUT2D eigenvalue weighted by Gasteiger charge is 2.32. The molecule has 88 valence electrons. The quantitative estimate of drug-likeness (QED) is 0.811. The molecule has 0 amide bonds. The van der Waals surface area contributed by atoms with Gasteiger partial charge in [-0.05, 0) is 43.5 Å². The van der Waals surface area contributed by atoms with Crippen LogP contribution in [0.4, 0.5) is 0 Å². The van der Waals surface area contributed by atoms with Crippen LogP contribution in [0, 0.1) is 5.92 Å². The summed E-state index contributed by atoms with van der Waals surface area (Å²) in [7, 11) is 3.70. The second-order valence-corrected chi connectivity index (χ2v) is 4.53. The van der Waals surface area contributed by atoms with Crippen LogP contribution in [0.1, 0.15) is 24.4 Å². The largest absolute Gasteiger partial charge is 0.497 e. The molecule has 1 fully saturated rings. The Morgan fingerprint density at radius 3 is 2.38 bits per heavy atom. The second kappa shape index (κ2) is 4.85. The smallest absolute Gasteiger partial charge is 0.118 e. The SMILES string of the molecule is CNC(c1ccc(OC)cc1)C1CC(N)C1. The van der Waals surface area contributed by atoms with Gasteiger partial charge >= 0.3 is 0 Å². The van der Waals surface area contributed by atoms with Crippen molar-refractivity contribution in [2.75, 3.05) is 14.2 Å². The minimum Gasteiger partial charge on any atom is -0.497 e. The highest BCUT2D eigenvalue weighted by atomic mass is 16.5. The van der Waals surface area contributed by atoms with E-state index in [1.807, 2.05) is 19.2 Å². The summed E-state index contributed by atoms with van der Waals surface area (Å²) < 4.78 is 5.16. The average molecular weight is 220 g/mol. The van der Waals surface area contributed by atoms with Crippen molar-refractivity contribution < 1.29 is 4.74 Å². The van der Waals surface area contributed by atoms with Crippen LogP contribution in [0.3, 0.4) is 0 Å². The Morgan fingerprint density at radius 1 is 1.31 bits per heavy atom. The monoisotopic (exact) mass is 220 g/mol. The van der Waals surface area contributed by atoms with Crippen molar-refractivity contribution in [3.8, 4) is 5.75 Å². The minimum atomic E-state index is 0.402. The zero-order chi connectivity index (χ0) is 11.5. The molecule has 3 heteroatoms. The first-order valence-corrected chi connectivity index (χ1v) is 5.81. The van der Waals surface area contributed by atoms with E-state index in [1.165, 1.54) is 5.56 Å². The average Bonchev–Trinajstić information content (AvgIpc) is 2.28. The van der Waals surface area contributed by atoms with Gasteiger partial charge in [0.2, 0.25) is 0 Å². The summed E-state index contributed by atoms with van der Waals surface area (Å²) in [4.78, 5) is 0. The van der Waals surface area contributed by atoms with Gasteiger partial charge in [-0.2, -0.15) is 0 Å². The number of ether oxygens (including phenoxy) is 1. The van der Waals surface area contributed by atoms with Crippen molar-refractivity contribution in [1.82, 2.24) is 5.32 Å². The van der Waals surface area contributed by atoms with Crippen molar-refractivity contribution in [2.24, 2.45) is 11.7 Å². The van der Waals surface area contributed by atoms with E-state index in [-0.39, 0.29) is 0 Å². The van der Waals surface area contributed by atoms with Gasteiger partial charge < -0.3 is 15.8 Å². The normalized spacial score (nSPS) is 25.9. The van der Waals surface area contributed by atoms with Crippen LogP contribution >= 0.6 is 0 Å². The molecular formula is C13H20N2O. The molecule has 0 aliphatic heterocycles. The summed E-state index contributed by atoms with van der Waals surface area (Å²) in [6.45, 7) is 0. The van der Waals surface area contributed by atoms with Crippen LogP contribution in [0.2, 0.25) is 0 Å². The molecule has 1 unspecified atom stereocenters. The number of methoxy groups -OCH3 is 1. The molecule has 1 saturated carbocycles. The third-order valence-corrected chi connectivity index (χ3v) is 3.47. The lowest BCUT2D eigenvalue weighted by molar-refractivity contribution is 0.204.